The van der Waals surface area contributed by atoms with Gasteiger partial charge in [0.1, 0.15) is 30.6 Å². The minimum absolute atomic E-state index is 0.00105. The molecule has 12 heteroatoms. The highest BCUT2D eigenvalue weighted by atomic mass is 19.1. The van der Waals surface area contributed by atoms with Gasteiger partial charge in [0.25, 0.3) is 5.91 Å². The van der Waals surface area contributed by atoms with Crippen molar-refractivity contribution in [2.24, 2.45) is 5.73 Å². The fourth-order valence-corrected chi connectivity index (χ4v) is 5.85. The zero-order valence-electron chi connectivity index (χ0n) is 24.1. The van der Waals surface area contributed by atoms with Gasteiger partial charge in [-0.1, -0.05) is 26.0 Å². The molecule has 2 aromatic carbocycles. The molecule has 3 atom stereocenters. The Bertz CT molecular complexity index is 1740. The van der Waals surface area contributed by atoms with Crippen molar-refractivity contribution in [3.05, 3.63) is 65.6 Å². The quantitative estimate of drug-likeness (QED) is 0.337. The molecule has 1 fully saturated rings. The largest absolute Gasteiger partial charge is 0.488 e. The van der Waals surface area contributed by atoms with Crippen LogP contribution in [0.5, 0.6) is 5.75 Å². The third-order valence-electron chi connectivity index (χ3n) is 8.00. The molecule has 43 heavy (non-hydrogen) atoms. The summed E-state index contributed by atoms with van der Waals surface area (Å²) in [6.45, 7) is 5.56. The fourth-order valence-electron chi connectivity index (χ4n) is 5.85. The van der Waals surface area contributed by atoms with E-state index in [9.17, 15) is 18.8 Å². The van der Waals surface area contributed by atoms with E-state index >= 15 is 0 Å². The summed E-state index contributed by atoms with van der Waals surface area (Å²) in [5, 5.41) is 15.4. The number of halogens is 1. The number of likely N-dealkylation sites (tertiary alicyclic amines) is 1. The number of rotatable bonds is 7. The molecule has 0 radical (unpaired) electrons. The maximum Gasteiger partial charge on any atom is 0.269 e. The van der Waals surface area contributed by atoms with Gasteiger partial charge in [-0.2, -0.15) is 15.3 Å². The van der Waals surface area contributed by atoms with Crippen molar-refractivity contribution in [1.29, 1.82) is 0 Å². The molecule has 3 unspecified atom stereocenters. The van der Waals surface area contributed by atoms with Gasteiger partial charge in [0.05, 0.1) is 30.1 Å². The molecule has 0 saturated carbocycles. The third kappa shape index (κ3) is 5.40. The average Bonchev–Trinajstić information content (AvgIpc) is 3.67. The van der Waals surface area contributed by atoms with Gasteiger partial charge in [0.2, 0.25) is 11.8 Å². The zero-order valence-corrected chi connectivity index (χ0v) is 24.1. The minimum Gasteiger partial charge on any atom is -0.488 e. The normalized spacial score (nSPS) is 19.5. The average molecular weight is 586 g/mol. The number of carbonyl (C=O) groups is 3. The summed E-state index contributed by atoms with van der Waals surface area (Å²) < 4.78 is 22.1. The van der Waals surface area contributed by atoms with Crippen molar-refractivity contribution in [2.75, 3.05) is 11.9 Å². The van der Waals surface area contributed by atoms with Crippen LogP contribution >= 0.6 is 0 Å². The molecule has 222 valence electrons. The van der Waals surface area contributed by atoms with Gasteiger partial charge in [-0.15, -0.1) is 0 Å². The Hall–Kier alpha value is -4.87. The Morgan fingerprint density at radius 2 is 1.95 bits per heavy atom. The van der Waals surface area contributed by atoms with Crippen LogP contribution in [0.25, 0.3) is 22.0 Å². The second-order valence-corrected chi connectivity index (χ2v) is 11.5. The van der Waals surface area contributed by atoms with Crippen LogP contribution in [0.1, 0.15) is 54.7 Å². The number of alkyl halides is 1. The summed E-state index contributed by atoms with van der Waals surface area (Å²) in [7, 11) is 0. The van der Waals surface area contributed by atoms with E-state index < -0.39 is 29.9 Å². The lowest BCUT2D eigenvalue weighted by molar-refractivity contribution is -0.137. The Morgan fingerprint density at radius 1 is 1.14 bits per heavy atom. The van der Waals surface area contributed by atoms with Gasteiger partial charge in [-0.05, 0) is 48.2 Å². The fraction of sp³-hybridized carbons (Fsp3) is 0.355. The molecule has 3 amide bonds. The van der Waals surface area contributed by atoms with Crippen LogP contribution in [-0.4, -0.2) is 67.5 Å². The summed E-state index contributed by atoms with van der Waals surface area (Å²) in [5.41, 5.74) is 10.2. The zero-order chi connectivity index (χ0) is 30.4. The summed E-state index contributed by atoms with van der Waals surface area (Å²) >= 11 is 0. The maximum absolute atomic E-state index is 14.7. The van der Waals surface area contributed by atoms with Gasteiger partial charge in [0.15, 0.2) is 5.69 Å². The van der Waals surface area contributed by atoms with Crippen LogP contribution in [0.3, 0.4) is 0 Å². The number of fused-ring (bicyclic) bond motifs is 2. The number of benzene rings is 2. The van der Waals surface area contributed by atoms with E-state index in [1.54, 1.807) is 30.6 Å². The maximum atomic E-state index is 14.7. The van der Waals surface area contributed by atoms with Gasteiger partial charge in [-0.25, -0.2) is 4.39 Å². The molecule has 3 N–H and O–H groups in total. The molecule has 6 rings (SSSR count). The van der Waals surface area contributed by atoms with Crippen molar-refractivity contribution < 1.29 is 23.5 Å². The van der Waals surface area contributed by atoms with Gasteiger partial charge < -0.3 is 20.7 Å². The van der Waals surface area contributed by atoms with Crippen LogP contribution in [-0.2, 0) is 22.6 Å². The summed E-state index contributed by atoms with van der Waals surface area (Å²) in [6, 6.07) is 10.0. The standard InChI is InChI=1S/C31H32FN7O4/c1-16(2)20-9-21-8-17(3)43-29(21)24(11-20)36-31(42)26-12-22(32)14-38(26)27(40)15-39-25-5-4-18(19-6-7-34-35-13-19)10-23(25)28(37-39)30(33)41/h4-7,9-11,13,16-17,22,26H,8,12,14-15H2,1-3H3,(H2,33,41)(H,36,42). The van der Waals surface area contributed by atoms with Gasteiger partial charge >= 0.3 is 0 Å². The summed E-state index contributed by atoms with van der Waals surface area (Å²) in [5.74, 6) is -0.908. The first-order chi connectivity index (χ1) is 20.6. The second kappa shape index (κ2) is 11.1. The van der Waals surface area contributed by atoms with Crippen LogP contribution < -0.4 is 15.8 Å². The lowest BCUT2D eigenvalue weighted by atomic mass is 9.98. The Morgan fingerprint density at radius 3 is 2.67 bits per heavy atom. The molecule has 4 aromatic rings. The number of anilines is 1. The first-order valence-electron chi connectivity index (χ1n) is 14.2. The number of ether oxygens (including phenoxy) is 1. The molecule has 2 aliphatic heterocycles. The van der Waals surface area contributed by atoms with E-state index in [2.05, 4.69) is 40.5 Å². The van der Waals surface area contributed by atoms with E-state index in [1.165, 1.54) is 9.58 Å². The lowest BCUT2D eigenvalue weighted by Gasteiger charge is -2.24. The summed E-state index contributed by atoms with van der Waals surface area (Å²) in [4.78, 5) is 40.6. The highest BCUT2D eigenvalue weighted by Gasteiger charge is 2.40. The molecule has 4 heterocycles. The number of primary amides is 1. The van der Waals surface area contributed by atoms with Crippen LogP contribution in [0.15, 0.2) is 48.8 Å². The predicted octanol–water partition coefficient (Wildman–Crippen LogP) is 3.62. The molecule has 2 aliphatic rings. The molecule has 11 nitrogen and oxygen atoms in total. The molecular weight excluding hydrogens is 553 g/mol. The monoisotopic (exact) mass is 585 g/mol. The first kappa shape index (κ1) is 28.3. The van der Waals surface area contributed by atoms with Crippen LogP contribution in [0.2, 0.25) is 0 Å². The molecule has 0 bridgehead atoms. The number of hydrogen-bond acceptors (Lipinski definition) is 7. The van der Waals surface area contributed by atoms with Crippen molar-refractivity contribution in [2.45, 2.75) is 64.4 Å². The highest BCUT2D eigenvalue weighted by molar-refractivity contribution is 6.05. The van der Waals surface area contributed by atoms with E-state index in [0.29, 0.717) is 22.3 Å². The van der Waals surface area contributed by atoms with Crippen molar-refractivity contribution in [3.63, 3.8) is 0 Å². The Kier molecular flexibility index (Phi) is 7.28. The number of carbonyl (C=O) groups excluding carboxylic acids is 3. The highest BCUT2D eigenvalue weighted by Crippen LogP contribution is 2.39. The van der Waals surface area contributed by atoms with Gasteiger partial charge in [0, 0.05) is 29.4 Å². The van der Waals surface area contributed by atoms with E-state index in [1.807, 2.05) is 19.1 Å². The Labute approximate surface area is 247 Å². The number of hydrogen-bond donors (Lipinski definition) is 2. The number of aromatic nitrogens is 4. The molecule has 0 aliphatic carbocycles. The number of nitrogens with one attached hydrogen (secondary N) is 1. The third-order valence-corrected chi connectivity index (χ3v) is 8.00. The van der Waals surface area contributed by atoms with Gasteiger partial charge in [-0.3, -0.25) is 19.1 Å². The summed E-state index contributed by atoms with van der Waals surface area (Å²) in [6.07, 6.45) is 2.35. The number of nitrogens with two attached hydrogens (primary N) is 1. The van der Waals surface area contributed by atoms with E-state index in [-0.39, 0.29) is 37.2 Å². The lowest BCUT2D eigenvalue weighted by Crippen LogP contribution is -2.44. The topological polar surface area (TPSA) is 145 Å². The number of amides is 3. The predicted molar refractivity (Wildman–Crippen MR) is 157 cm³/mol. The Balaban J connectivity index is 1.26. The van der Waals surface area contributed by atoms with E-state index in [4.69, 9.17) is 10.5 Å². The van der Waals surface area contributed by atoms with Crippen LogP contribution in [0.4, 0.5) is 10.1 Å². The first-order valence-corrected chi connectivity index (χ1v) is 14.2. The molecule has 0 spiro atoms. The molecule has 2 aromatic heterocycles. The van der Waals surface area contributed by atoms with Crippen molar-refractivity contribution >= 4 is 34.3 Å². The molecular formula is C31H32FN7O4. The SMILES string of the molecule is CC1Cc2cc(C(C)C)cc(NC(=O)C3CC(F)CN3C(=O)Cn3nc(C(N)=O)c4cc(-c5ccnnc5)ccc43)c2O1. The van der Waals surface area contributed by atoms with E-state index in [0.717, 1.165) is 28.7 Å². The van der Waals surface area contributed by atoms with Crippen molar-refractivity contribution in [1.82, 2.24) is 24.9 Å². The smallest absolute Gasteiger partial charge is 0.269 e. The second-order valence-electron chi connectivity index (χ2n) is 11.5. The van der Waals surface area contributed by atoms with Crippen LogP contribution in [0, 0.1) is 0 Å². The number of nitrogens with zero attached hydrogens (tertiary/aromatic N) is 5. The van der Waals surface area contributed by atoms with Crippen molar-refractivity contribution in [3.8, 4) is 16.9 Å². The minimum atomic E-state index is -1.37. The molecule has 1 saturated heterocycles.